The number of aromatic nitrogens is 1. The van der Waals surface area contributed by atoms with Crippen molar-refractivity contribution in [2.75, 3.05) is 17.7 Å². The first kappa shape index (κ1) is 23.7. The summed E-state index contributed by atoms with van der Waals surface area (Å²) in [5.41, 5.74) is 1.14. The number of pyridine rings is 1. The summed E-state index contributed by atoms with van der Waals surface area (Å²) in [4.78, 5) is 15.3. The van der Waals surface area contributed by atoms with Gasteiger partial charge < -0.3 is 10.6 Å². The van der Waals surface area contributed by atoms with E-state index in [1.54, 1.807) is 6.07 Å². The fourth-order valence-corrected chi connectivity index (χ4v) is 4.63. The predicted octanol–water partition coefficient (Wildman–Crippen LogP) is 4.55. The standard InChI is InChI=1S/C23H21F3N4O3S/c1-27-34(32,33)21-5-3-2-4-19(21)30-20-12-22(28-13-18(20)23(24,25)26)29-16-8-6-15-11-17(31)9-7-14(15)10-16/h2-6,8,10,12-13,27H,7,9,11H2,1H3,(H2,28,29,30). The van der Waals surface area contributed by atoms with Crippen LogP contribution in [0.5, 0.6) is 0 Å². The van der Waals surface area contributed by atoms with Crippen molar-refractivity contribution in [3.8, 4) is 0 Å². The number of hydrogen-bond donors (Lipinski definition) is 3. The number of sulfonamides is 1. The maximum absolute atomic E-state index is 13.7. The van der Waals surface area contributed by atoms with E-state index in [0.29, 0.717) is 31.1 Å². The molecule has 1 heterocycles. The molecule has 0 radical (unpaired) electrons. The molecule has 0 fully saturated rings. The highest BCUT2D eigenvalue weighted by Crippen LogP contribution is 2.38. The number of anilines is 4. The Kier molecular flexibility index (Phi) is 6.32. The Balaban J connectivity index is 1.69. The molecular weight excluding hydrogens is 469 g/mol. The number of nitrogens with one attached hydrogen (secondary N) is 3. The SMILES string of the molecule is CNS(=O)(=O)c1ccccc1Nc1cc(Nc2ccc3c(c2)CCC(=O)C3)ncc1C(F)(F)F. The average Bonchev–Trinajstić information content (AvgIpc) is 2.79. The molecule has 0 saturated heterocycles. The van der Waals surface area contributed by atoms with Crippen molar-refractivity contribution in [2.45, 2.75) is 30.3 Å². The molecule has 3 aromatic rings. The molecular formula is C23H21F3N4O3S. The van der Waals surface area contributed by atoms with E-state index in [1.807, 2.05) is 12.1 Å². The molecule has 1 aliphatic rings. The number of Topliss-reactive ketones (excluding diaryl/α,β-unsaturated/α-hetero) is 1. The molecule has 0 aliphatic heterocycles. The summed E-state index contributed by atoms with van der Waals surface area (Å²) in [5, 5.41) is 5.60. The van der Waals surface area contributed by atoms with Crippen LogP contribution in [0.3, 0.4) is 0 Å². The molecule has 0 atom stereocenters. The van der Waals surface area contributed by atoms with Crippen LogP contribution in [0.25, 0.3) is 0 Å². The van der Waals surface area contributed by atoms with Crippen molar-refractivity contribution in [3.63, 3.8) is 0 Å². The van der Waals surface area contributed by atoms with Crippen LogP contribution < -0.4 is 15.4 Å². The number of carbonyl (C=O) groups excluding carboxylic acids is 1. The predicted molar refractivity (Wildman–Crippen MR) is 122 cm³/mol. The van der Waals surface area contributed by atoms with Crippen molar-refractivity contribution in [2.24, 2.45) is 0 Å². The Bertz CT molecular complexity index is 1360. The zero-order valence-electron chi connectivity index (χ0n) is 18.0. The highest BCUT2D eigenvalue weighted by molar-refractivity contribution is 7.89. The van der Waals surface area contributed by atoms with Crippen LogP contribution in [-0.4, -0.2) is 26.2 Å². The summed E-state index contributed by atoms with van der Waals surface area (Å²) in [6, 6.07) is 12.2. The summed E-state index contributed by atoms with van der Waals surface area (Å²) < 4.78 is 67.8. The molecule has 34 heavy (non-hydrogen) atoms. The number of aryl methyl sites for hydroxylation is 1. The summed E-state index contributed by atoms with van der Waals surface area (Å²) >= 11 is 0. The van der Waals surface area contributed by atoms with Gasteiger partial charge in [0.15, 0.2) is 0 Å². The van der Waals surface area contributed by atoms with Crippen LogP contribution in [-0.2, 0) is 33.8 Å². The van der Waals surface area contributed by atoms with E-state index in [-0.39, 0.29) is 27.9 Å². The lowest BCUT2D eigenvalue weighted by molar-refractivity contribution is -0.137. The summed E-state index contributed by atoms with van der Waals surface area (Å²) in [7, 11) is -2.70. The van der Waals surface area contributed by atoms with Crippen LogP contribution in [0.15, 0.2) is 59.6 Å². The molecule has 0 amide bonds. The zero-order valence-corrected chi connectivity index (χ0v) is 18.8. The van der Waals surface area contributed by atoms with E-state index in [9.17, 15) is 26.4 Å². The highest BCUT2D eigenvalue weighted by Gasteiger charge is 2.35. The van der Waals surface area contributed by atoms with Gasteiger partial charge >= 0.3 is 6.18 Å². The third kappa shape index (κ3) is 5.05. The number of rotatable bonds is 6. The number of ketones is 1. The molecule has 1 aromatic heterocycles. The van der Waals surface area contributed by atoms with Gasteiger partial charge in [0.25, 0.3) is 0 Å². The number of carbonyl (C=O) groups is 1. The number of hydrogen-bond acceptors (Lipinski definition) is 6. The number of para-hydroxylation sites is 1. The van der Waals surface area contributed by atoms with Gasteiger partial charge in [-0.1, -0.05) is 18.2 Å². The monoisotopic (exact) mass is 490 g/mol. The molecule has 2 aromatic carbocycles. The van der Waals surface area contributed by atoms with Gasteiger partial charge in [0, 0.05) is 30.8 Å². The molecule has 11 heteroatoms. The molecule has 0 saturated carbocycles. The van der Waals surface area contributed by atoms with Gasteiger partial charge in [0.1, 0.15) is 16.5 Å². The van der Waals surface area contributed by atoms with E-state index in [2.05, 4.69) is 20.3 Å². The second kappa shape index (κ2) is 9.07. The van der Waals surface area contributed by atoms with Gasteiger partial charge in [0.2, 0.25) is 10.0 Å². The number of fused-ring (bicyclic) bond motifs is 1. The van der Waals surface area contributed by atoms with E-state index >= 15 is 0 Å². The second-order valence-corrected chi connectivity index (χ2v) is 9.62. The lowest BCUT2D eigenvalue weighted by Gasteiger charge is -2.19. The zero-order chi connectivity index (χ0) is 24.5. The fourth-order valence-electron chi connectivity index (χ4n) is 3.74. The molecule has 7 nitrogen and oxygen atoms in total. The largest absolute Gasteiger partial charge is 0.419 e. The third-order valence-electron chi connectivity index (χ3n) is 5.46. The second-order valence-electron chi connectivity index (χ2n) is 7.77. The van der Waals surface area contributed by atoms with Crippen LogP contribution in [0.4, 0.5) is 36.1 Å². The van der Waals surface area contributed by atoms with Crippen LogP contribution in [0.2, 0.25) is 0 Å². The van der Waals surface area contributed by atoms with E-state index in [1.165, 1.54) is 37.4 Å². The molecule has 4 rings (SSSR count). The summed E-state index contributed by atoms with van der Waals surface area (Å²) in [5.74, 6) is 0.310. The molecule has 1 aliphatic carbocycles. The van der Waals surface area contributed by atoms with Gasteiger partial charge in [-0.15, -0.1) is 0 Å². The first-order valence-electron chi connectivity index (χ1n) is 10.3. The van der Waals surface area contributed by atoms with Crippen molar-refractivity contribution >= 4 is 38.7 Å². The van der Waals surface area contributed by atoms with E-state index < -0.39 is 21.8 Å². The topological polar surface area (TPSA) is 100 Å². The van der Waals surface area contributed by atoms with Crippen molar-refractivity contribution < 1.29 is 26.4 Å². The number of halogens is 3. The third-order valence-corrected chi connectivity index (χ3v) is 6.94. The molecule has 0 unspecified atom stereocenters. The van der Waals surface area contributed by atoms with Gasteiger partial charge in [-0.3, -0.25) is 4.79 Å². The Morgan fingerprint density at radius 2 is 1.71 bits per heavy atom. The van der Waals surface area contributed by atoms with Gasteiger partial charge in [-0.25, -0.2) is 18.1 Å². The normalized spacial score (nSPS) is 13.9. The minimum absolute atomic E-state index is 0.0158. The Labute approximate surface area is 194 Å². The molecule has 3 N–H and O–H groups in total. The summed E-state index contributed by atoms with van der Waals surface area (Å²) in [6.07, 6.45) is -2.59. The van der Waals surface area contributed by atoms with E-state index in [0.717, 1.165) is 11.1 Å². The molecule has 0 spiro atoms. The smallest absolute Gasteiger partial charge is 0.354 e. The summed E-state index contributed by atoms with van der Waals surface area (Å²) in [6.45, 7) is 0. The molecule has 178 valence electrons. The lowest BCUT2D eigenvalue weighted by Crippen LogP contribution is -2.20. The highest BCUT2D eigenvalue weighted by atomic mass is 32.2. The maximum atomic E-state index is 13.7. The van der Waals surface area contributed by atoms with Gasteiger partial charge in [-0.2, -0.15) is 13.2 Å². The minimum Gasteiger partial charge on any atom is -0.354 e. The van der Waals surface area contributed by atoms with Gasteiger partial charge in [0.05, 0.1) is 16.9 Å². The first-order valence-corrected chi connectivity index (χ1v) is 11.8. The number of nitrogens with zero attached hydrogens (tertiary/aromatic N) is 1. The Morgan fingerprint density at radius 3 is 2.44 bits per heavy atom. The van der Waals surface area contributed by atoms with Crippen molar-refractivity contribution in [3.05, 3.63) is 71.4 Å². The minimum atomic E-state index is -4.72. The molecule has 0 bridgehead atoms. The van der Waals surface area contributed by atoms with E-state index in [4.69, 9.17) is 0 Å². The lowest BCUT2D eigenvalue weighted by atomic mass is 9.90. The fraction of sp³-hybridized carbons (Fsp3) is 0.217. The van der Waals surface area contributed by atoms with Crippen molar-refractivity contribution in [1.29, 1.82) is 0 Å². The van der Waals surface area contributed by atoms with Crippen molar-refractivity contribution in [1.82, 2.24) is 9.71 Å². The average molecular weight is 491 g/mol. The van der Waals surface area contributed by atoms with Crippen LogP contribution in [0.1, 0.15) is 23.1 Å². The van der Waals surface area contributed by atoms with Crippen LogP contribution >= 0.6 is 0 Å². The number of benzene rings is 2. The quantitative estimate of drug-likeness (QED) is 0.469. The maximum Gasteiger partial charge on any atom is 0.419 e. The van der Waals surface area contributed by atoms with Gasteiger partial charge in [-0.05, 0) is 48.9 Å². The number of alkyl halides is 3. The first-order chi connectivity index (χ1) is 16.1. The Morgan fingerprint density at radius 1 is 0.941 bits per heavy atom. The van der Waals surface area contributed by atoms with Crippen LogP contribution in [0, 0.1) is 0 Å². The Hall–Kier alpha value is -3.44.